The number of carbonyl (C=O) groups excluding carboxylic acids is 2. The minimum absolute atomic E-state index is 0.139. The Morgan fingerprint density at radius 2 is 1.91 bits per heavy atom. The largest absolute Gasteiger partial charge is 0.497 e. The van der Waals surface area contributed by atoms with Crippen molar-refractivity contribution in [2.75, 3.05) is 19.0 Å². The predicted molar refractivity (Wildman–Crippen MR) is 120 cm³/mol. The number of anilines is 1. The standard InChI is InChI=1S/C23H19N3O6S/c1-29-18-5-2-4-16(12-18)24-20(27)13-30-17-9-7-15(8-10-17)23(28)31-14-21-25-22(26-32-21)19-6-3-11-33-19/h2-12H,13-14H2,1H3,(H,24,27). The number of amides is 1. The Morgan fingerprint density at radius 1 is 1.06 bits per heavy atom. The molecule has 1 amide bonds. The van der Waals surface area contributed by atoms with Crippen LogP contribution < -0.4 is 14.8 Å². The summed E-state index contributed by atoms with van der Waals surface area (Å²) in [6.45, 7) is -0.329. The number of thiophene rings is 1. The molecule has 168 valence electrons. The lowest BCUT2D eigenvalue weighted by molar-refractivity contribution is -0.118. The van der Waals surface area contributed by atoms with Gasteiger partial charge in [-0.05, 0) is 47.8 Å². The number of hydrogen-bond donors (Lipinski definition) is 1. The van der Waals surface area contributed by atoms with Crippen molar-refractivity contribution in [2.24, 2.45) is 0 Å². The molecule has 0 unspecified atom stereocenters. The highest BCUT2D eigenvalue weighted by molar-refractivity contribution is 7.13. The van der Waals surface area contributed by atoms with Gasteiger partial charge in [-0.2, -0.15) is 4.98 Å². The average Bonchev–Trinajstić information content (AvgIpc) is 3.54. The minimum Gasteiger partial charge on any atom is -0.497 e. The molecule has 0 aliphatic heterocycles. The van der Waals surface area contributed by atoms with Gasteiger partial charge in [0, 0.05) is 11.8 Å². The third-order valence-electron chi connectivity index (χ3n) is 4.35. The Labute approximate surface area is 192 Å². The average molecular weight is 465 g/mol. The number of methoxy groups -OCH3 is 1. The Hall–Kier alpha value is -4.18. The predicted octanol–water partition coefficient (Wildman–Crippen LogP) is 4.18. The lowest BCUT2D eigenvalue weighted by atomic mass is 10.2. The number of benzene rings is 2. The molecule has 0 atom stereocenters. The number of hydrogen-bond acceptors (Lipinski definition) is 9. The third kappa shape index (κ3) is 5.95. The number of esters is 1. The van der Waals surface area contributed by atoms with E-state index in [-0.39, 0.29) is 25.0 Å². The number of nitrogens with zero attached hydrogens (tertiary/aromatic N) is 2. The molecular formula is C23H19N3O6S. The highest BCUT2D eigenvalue weighted by atomic mass is 32.1. The van der Waals surface area contributed by atoms with Crippen molar-refractivity contribution >= 4 is 28.9 Å². The quantitative estimate of drug-likeness (QED) is 0.366. The molecule has 10 heteroatoms. The van der Waals surface area contributed by atoms with Gasteiger partial charge in [0.15, 0.2) is 13.2 Å². The van der Waals surface area contributed by atoms with Crippen LogP contribution in [0.1, 0.15) is 16.2 Å². The van der Waals surface area contributed by atoms with Gasteiger partial charge in [-0.1, -0.05) is 17.3 Å². The highest BCUT2D eigenvalue weighted by Gasteiger charge is 2.13. The van der Waals surface area contributed by atoms with E-state index >= 15 is 0 Å². The Kier molecular flexibility index (Phi) is 6.96. The normalized spacial score (nSPS) is 10.5. The molecule has 1 N–H and O–H groups in total. The van der Waals surface area contributed by atoms with Gasteiger partial charge in [-0.3, -0.25) is 4.79 Å². The Bertz CT molecular complexity index is 1220. The maximum atomic E-state index is 12.3. The fraction of sp³-hybridized carbons (Fsp3) is 0.130. The van der Waals surface area contributed by atoms with E-state index in [0.717, 1.165) is 4.88 Å². The van der Waals surface area contributed by atoms with Crippen LogP contribution >= 0.6 is 11.3 Å². The molecule has 0 spiro atoms. The number of nitrogens with one attached hydrogen (secondary N) is 1. The molecule has 0 fully saturated rings. The lowest BCUT2D eigenvalue weighted by Crippen LogP contribution is -2.20. The van der Waals surface area contributed by atoms with E-state index in [1.807, 2.05) is 17.5 Å². The van der Waals surface area contributed by atoms with E-state index in [2.05, 4.69) is 15.5 Å². The van der Waals surface area contributed by atoms with E-state index in [1.54, 1.807) is 55.6 Å². The molecule has 0 bridgehead atoms. The SMILES string of the molecule is COc1cccc(NC(=O)COc2ccc(C(=O)OCc3nc(-c4cccs4)no3)cc2)c1. The second kappa shape index (κ2) is 10.4. The first-order chi connectivity index (χ1) is 16.1. The van der Waals surface area contributed by atoms with Crippen molar-refractivity contribution in [3.05, 3.63) is 77.5 Å². The van der Waals surface area contributed by atoms with Crippen LogP contribution in [0.15, 0.2) is 70.6 Å². The van der Waals surface area contributed by atoms with Crippen molar-refractivity contribution in [3.63, 3.8) is 0 Å². The van der Waals surface area contributed by atoms with Crippen LogP contribution in [0.4, 0.5) is 5.69 Å². The van der Waals surface area contributed by atoms with Crippen molar-refractivity contribution in [2.45, 2.75) is 6.61 Å². The minimum atomic E-state index is -0.548. The van der Waals surface area contributed by atoms with Crippen molar-refractivity contribution < 1.29 is 28.3 Å². The summed E-state index contributed by atoms with van der Waals surface area (Å²) in [5.41, 5.74) is 0.922. The molecule has 2 heterocycles. The van der Waals surface area contributed by atoms with Gasteiger partial charge in [-0.25, -0.2) is 4.79 Å². The molecule has 4 rings (SSSR count). The smallest absolute Gasteiger partial charge is 0.338 e. The van der Waals surface area contributed by atoms with Crippen molar-refractivity contribution in [1.29, 1.82) is 0 Å². The molecule has 0 radical (unpaired) electrons. The van der Waals surface area contributed by atoms with Gasteiger partial charge >= 0.3 is 5.97 Å². The van der Waals surface area contributed by atoms with Gasteiger partial charge in [0.1, 0.15) is 11.5 Å². The van der Waals surface area contributed by atoms with Crippen LogP contribution in [-0.2, 0) is 16.1 Å². The maximum Gasteiger partial charge on any atom is 0.338 e. The van der Waals surface area contributed by atoms with Crippen LogP contribution in [0.5, 0.6) is 11.5 Å². The first kappa shape index (κ1) is 22.0. The fourth-order valence-electron chi connectivity index (χ4n) is 2.76. The zero-order chi connectivity index (χ0) is 23.0. The number of carbonyl (C=O) groups is 2. The summed E-state index contributed by atoms with van der Waals surface area (Å²) in [6.07, 6.45) is 0. The zero-order valence-corrected chi connectivity index (χ0v) is 18.3. The van der Waals surface area contributed by atoms with E-state index in [9.17, 15) is 9.59 Å². The lowest BCUT2D eigenvalue weighted by Gasteiger charge is -2.09. The third-order valence-corrected chi connectivity index (χ3v) is 5.22. The van der Waals surface area contributed by atoms with E-state index in [1.165, 1.54) is 11.3 Å². The summed E-state index contributed by atoms with van der Waals surface area (Å²) in [4.78, 5) is 29.4. The van der Waals surface area contributed by atoms with E-state index in [0.29, 0.717) is 28.6 Å². The molecule has 33 heavy (non-hydrogen) atoms. The molecule has 2 aromatic heterocycles. The second-order valence-corrected chi connectivity index (χ2v) is 7.61. The zero-order valence-electron chi connectivity index (χ0n) is 17.5. The van der Waals surface area contributed by atoms with Gasteiger partial charge in [0.2, 0.25) is 5.82 Å². The summed E-state index contributed by atoms with van der Waals surface area (Å²) in [5, 5.41) is 8.50. The van der Waals surface area contributed by atoms with Gasteiger partial charge in [-0.15, -0.1) is 11.3 Å². The number of ether oxygens (including phenoxy) is 3. The van der Waals surface area contributed by atoms with Crippen LogP contribution in [0, 0.1) is 0 Å². The van der Waals surface area contributed by atoms with Crippen LogP contribution in [0.25, 0.3) is 10.7 Å². The first-order valence-electron chi connectivity index (χ1n) is 9.81. The Balaban J connectivity index is 1.24. The maximum absolute atomic E-state index is 12.3. The Morgan fingerprint density at radius 3 is 2.67 bits per heavy atom. The van der Waals surface area contributed by atoms with Crippen LogP contribution in [-0.4, -0.2) is 35.7 Å². The molecule has 0 aliphatic rings. The molecule has 0 saturated carbocycles. The van der Waals surface area contributed by atoms with E-state index in [4.69, 9.17) is 18.7 Å². The van der Waals surface area contributed by atoms with Gasteiger partial charge in [0.25, 0.3) is 11.8 Å². The van der Waals surface area contributed by atoms with Crippen molar-refractivity contribution in [3.8, 4) is 22.2 Å². The fourth-order valence-corrected chi connectivity index (χ4v) is 3.41. The van der Waals surface area contributed by atoms with Gasteiger partial charge < -0.3 is 24.1 Å². The second-order valence-electron chi connectivity index (χ2n) is 6.66. The monoisotopic (exact) mass is 465 g/mol. The molecule has 4 aromatic rings. The summed E-state index contributed by atoms with van der Waals surface area (Å²) < 4.78 is 20.9. The van der Waals surface area contributed by atoms with Crippen LogP contribution in [0.2, 0.25) is 0 Å². The molecule has 0 saturated heterocycles. The first-order valence-corrected chi connectivity index (χ1v) is 10.7. The molecule has 2 aromatic carbocycles. The summed E-state index contributed by atoms with van der Waals surface area (Å²) in [7, 11) is 1.55. The van der Waals surface area contributed by atoms with Crippen molar-refractivity contribution in [1.82, 2.24) is 10.1 Å². The summed E-state index contributed by atoms with van der Waals surface area (Å²) in [5.74, 6) is 0.853. The molecule has 9 nitrogen and oxygen atoms in total. The number of aromatic nitrogens is 2. The summed E-state index contributed by atoms with van der Waals surface area (Å²) >= 11 is 1.48. The topological polar surface area (TPSA) is 113 Å². The van der Waals surface area contributed by atoms with Crippen LogP contribution in [0.3, 0.4) is 0 Å². The molecular weight excluding hydrogens is 446 g/mol. The summed E-state index contributed by atoms with van der Waals surface area (Å²) in [6, 6.07) is 17.0. The number of rotatable bonds is 9. The van der Waals surface area contributed by atoms with Gasteiger partial charge in [0.05, 0.1) is 17.6 Å². The highest BCUT2D eigenvalue weighted by Crippen LogP contribution is 2.22. The molecule has 0 aliphatic carbocycles. The van der Waals surface area contributed by atoms with E-state index < -0.39 is 5.97 Å².